The first-order valence-electron chi connectivity index (χ1n) is 4.21. The molecule has 4 heteroatoms. The lowest BCUT2D eigenvalue weighted by Crippen LogP contribution is -2.08. The summed E-state index contributed by atoms with van der Waals surface area (Å²) >= 11 is 0. The molecule has 0 saturated heterocycles. The number of rotatable bonds is 4. The number of aromatic amines is 1. The van der Waals surface area contributed by atoms with Crippen molar-refractivity contribution >= 4 is 0 Å². The van der Waals surface area contributed by atoms with Gasteiger partial charge in [-0.15, -0.1) is 0 Å². The Kier molecular flexibility index (Phi) is 3.10. The quantitative estimate of drug-likeness (QED) is 0.712. The molecule has 68 valence electrons. The SMILES string of the molecule is CCOc1ncc(C(N)CC)[nH]1. The highest BCUT2D eigenvalue weighted by Gasteiger charge is 2.06. The summed E-state index contributed by atoms with van der Waals surface area (Å²) in [6.07, 6.45) is 2.62. The summed E-state index contributed by atoms with van der Waals surface area (Å²) in [4.78, 5) is 7.02. The summed E-state index contributed by atoms with van der Waals surface area (Å²) in [6, 6.07) is 0.586. The van der Waals surface area contributed by atoms with Crippen molar-refractivity contribution in [1.82, 2.24) is 9.97 Å². The summed E-state index contributed by atoms with van der Waals surface area (Å²) in [5, 5.41) is 0. The van der Waals surface area contributed by atoms with Crippen LogP contribution in [0.15, 0.2) is 6.20 Å². The fraction of sp³-hybridized carbons (Fsp3) is 0.625. The molecular formula is C8H15N3O. The first-order valence-corrected chi connectivity index (χ1v) is 4.21. The molecule has 0 saturated carbocycles. The van der Waals surface area contributed by atoms with Gasteiger partial charge in [-0.1, -0.05) is 6.92 Å². The largest absolute Gasteiger partial charge is 0.465 e. The van der Waals surface area contributed by atoms with E-state index in [2.05, 4.69) is 9.97 Å². The van der Waals surface area contributed by atoms with Gasteiger partial charge in [0, 0.05) is 6.04 Å². The molecule has 12 heavy (non-hydrogen) atoms. The molecule has 1 rings (SSSR count). The van der Waals surface area contributed by atoms with E-state index in [0.717, 1.165) is 12.1 Å². The smallest absolute Gasteiger partial charge is 0.293 e. The van der Waals surface area contributed by atoms with Gasteiger partial charge < -0.3 is 15.5 Å². The van der Waals surface area contributed by atoms with Crippen LogP contribution in [0.25, 0.3) is 0 Å². The summed E-state index contributed by atoms with van der Waals surface area (Å²) in [6.45, 7) is 4.57. The molecule has 0 spiro atoms. The van der Waals surface area contributed by atoms with Crippen molar-refractivity contribution in [3.8, 4) is 6.01 Å². The molecule has 0 bridgehead atoms. The highest BCUT2D eigenvalue weighted by atomic mass is 16.5. The maximum atomic E-state index is 5.78. The van der Waals surface area contributed by atoms with Gasteiger partial charge in [0.15, 0.2) is 0 Å². The van der Waals surface area contributed by atoms with Crippen LogP contribution in [0, 0.1) is 0 Å². The van der Waals surface area contributed by atoms with Crippen LogP contribution in [-0.2, 0) is 0 Å². The van der Waals surface area contributed by atoms with Gasteiger partial charge >= 0.3 is 0 Å². The van der Waals surface area contributed by atoms with Crippen LogP contribution in [-0.4, -0.2) is 16.6 Å². The maximum absolute atomic E-state index is 5.78. The molecule has 0 aliphatic carbocycles. The van der Waals surface area contributed by atoms with Crippen LogP contribution in [0.1, 0.15) is 32.0 Å². The summed E-state index contributed by atoms with van der Waals surface area (Å²) < 4.78 is 5.16. The standard InChI is InChI=1S/C8H15N3O/c1-3-6(9)7-5-10-8(11-7)12-4-2/h5-6H,3-4,9H2,1-2H3,(H,10,11). The van der Waals surface area contributed by atoms with E-state index in [9.17, 15) is 0 Å². The highest BCUT2D eigenvalue weighted by Crippen LogP contribution is 2.13. The van der Waals surface area contributed by atoms with Gasteiger partial charge in [0.2, 0.25) is 0 Å². The van der Waals surface area contributed by atoms with Crippen LogP contribution in [0.3, 0.4) is 0 Å². The van der Waals surface area contributed by atoms with Crippen molar-refractivity contribution in [3.63, 3.8) is 0 Å². The van der Waals surface area contributed by atoms with Gasteiger partial charge in [-0.3, -0.25) is 0 Å². The van der Waals surface area contributed by atoms with E-state index in [1.165, 1.54) is 0 Å². The molecule has 1 unspecified atom stereocenters. The van der Waals surface area contributed by atoms with Crippen LogP contribution >= 0.6 is 0 Å². The predicted octanol–water partition coefficient (Wildman–Crippen LogP) is 1.22. The second-order valence-corrected chi connectivity index (χ2v) is 2.59. The fourth-order valence-corrected chi connectivity index (χ4v) is 0.935. The van der Waals surface area contributed by atoms with Crippen molar-refractivity contribution < 1.29 is 4.74 Å². The normalized spacial score (nSPS) is 12.9. The molecule has 0 amide bonds. The number of nitrogens with two attached hydrogens (primary N) is 1. The summed E-state index contributed by atoms with van der Waals surface area (Å²) in [7, 11) is 0. The van der Waals surface area contributed by atoms with Crippen LogP contribution < -0.4 is 10.5 Å². The van der Waals surface area contributed by atoms with E-state index in [-0.39, 0.29) is 6.04 Å². The number of nitrogens with one attached hydrogen (secondary N) is 1. The van der Waals surface area contributed by atoms with E-state index in [1.807, 2.05) is 13.8 Å². The Hall–Kier alpha value is -1.03. The van der Waals surface area contributed by atoms with Crippen molar-refractivity contribution in [2.24, 2.45) is 5.73 Å². The third-order valence-electron chi connectivity index (χ3n) is 1.69. The van der Waals surface area contributed by atoms with E-state index in [4.69, 9.17) is 10.5 Å². The first-order chi connectivity index (χ1) is 5.77. The Bertz CT molecular complexity index is 234. The Labute approximate surface area is 72.1 Å². The molecule has 0 aliphatic rings. The van der Waals surface area contributed by atoms with Crippen molar-refractivity contribution in [2.45, 2.75) is 26.3 Å². The minimum atomic E-state index is 0.0340. The lowest BCUT2D eigenvalue weighted by atomic mass is 10.2. The zero-order valence-corrected chi connectivity index (χ0v) is 7.50. The van der Waals surface area contributed by atoms with Crippen molar-refractivity contribution in [2.75, 3.05) is 6.61 Å². The average molecular weight is 169 g/mol. The number of hydrogen-bond acceptors (Lipinski definition) is 3. The molecule has 0 aliphatic heterocycles. The Morgan fingerprint density at radius 2 is 2.42 bits per heavy atom. The van der Waals surface area contributed by atoms with E-state index in [0.29, 0.717) is 12.6 Å². The molecule has 0 fully saturated rings. The molecular weight excluding hydrogens is 154 g/mol. The molecule has 1 aromatic rings. The average Bonchev–Trinajstić information content (AvgIpc) is 2.52. The van der Waals surface area contributed by atoms with Crippen LogP contribution in [0.2, 0.25) is 0 Å². The van der Waals surface area contributed by atoms with E-state index in [1.54, 1.807) is 6.20 Å². The minimum Gasteiger partial charge on any atom is -0.465 e. The van der Waals surface area contributed by atoms with Crippen molar-refractivity contribution in [3.05, 3.63) is 11.9 Å². The number of nitrogens with zero attached hydrogens (tertiary/aromatic N) is 1. The molecule has 0 radical (unpaired) electrons. The zero-order chi connectivity index (χ0) is 8.97. The number of hydrogen-bond donors (Lipinski definition) is 2. The number of ether oxygens (including phenoxy) is 1. The van der Waals surface area contributed by atoms with Crippen LogP contribution in [0.5, 0.6) is 6.01 Å². The molecule has 1 heterocycles. The minimum absolute atomic E-state index is 0.0340. The second kappa shape index (κ2) is 4.11. The van der Waals surface area contributed by atoms with Gasteiger partial charge in [-0.05, 0) is 13.3 Å². The number of H-pyrrole nitrogens is 1. The second-order valence-electron chi connectivity index (χ2n) is 2.59. The molecule has 1 aromatic heterocycles. The Morgan fingerprint density at radius 1 is 1.67 bits per heavy atom. The molecule has 0 aromatic carbocycles. The monoisotopic (exact) mass is 169 g/mol. The highest BCUT2D eigenvalue weighted by molar-refractivity contribution is 5.08. The third kappa shape index (κ3) is 1.98. The van der Waals surface area contributed by atoms with Gasteiger partial charge in [0.1, 0.15) is 0 Å². The van der Waals surface area contributed by atoms with Crippen LogP contribution in [0.4, 0.5) is 0 Å². The topological polar surface area (TPSA) is 63.9 Å². The van der Waals surface area contributed by atoms with Gasteiger partial charge in [-0.2, -0.15) is 0 Å². The first kappa shape index (κ1) is 9.06. The third-order valence-corrected chi connectivity index (χ3v) is 1.69. The Balaban J connectivity index is 2.63. The molecule has 3 N–H and O–H groups in total. The lowest BCUT2D eigenvalue weighted by Gasteiger charge is -2.03. The molecule has 1 atom stereocenters. The fourth-order valence-electron chi connectivity index (χ4n) is 0.935. The Morgan fingerprint density at radius 3 is 3.00 bits per heavy atom. The summed E-state index contributed by atoms with van der Waals surface area (Å²) in [5.74, 6) is 0. The van der Waals surface area contributed by atoms with E-state index >= 15 is 0 Å². The zero-order valence-electron chi connectivity index (χ0n) is 7.50. The van der Waals surface area contributed by atoms with Gasteiger partial charge in [-0.25, -0.2) is 4.98 Å². The summed E-state index contributed by atoms with van der Waals surface area (Å²) in [5.41, 5.74) is 6.71. The number of aromatic nitrogens is 2. The van der Waals surface area contributed by atoms with E-state index < -0.39 is 0 Å². The lowest BCUT2D eigenvalue weighted by molar-refractivity contribution is 0.315. The van der Waals surface area contributed by atoms with Gasteiger partial charge in [0.25, 0.3) is 6.01 Å². The van der Waals surface area contributed by atoms with Crippen molar-refractivity contribution in [1.29, 1.82) is 0 Å². The molecule has 4 nitrogen and oxygen atoms in total. The maximum Gasteiger partial charge on any atom is 0.293 e. The predicted molar refractivity (Wildman–Crippen MR) is 47.0 cm³/mol. The van der Waals surface area contributed by atoms with Gasteiger partial charge in [0.05, 0.1) is 18.5 Å². The number of imidazole rings is 1.